The zero-order valence-electron chi connectivity index (χ0n) is 20.5. The zero-order chi connectivity index (χ0) is 24.1. The second kappa shape index (κ2) is 8.51. The summed E-state index contributed by atoms with van der Waals surface area (Å²) in [7, 11) is 3.62. The Morgan fingerprint density at radius 2 is 1.94 bits per heavy atom. The molecule has 2 unspecified atom stereocenters. The molecule has 2 aromatic carbocycles. The predicted octanol–water partition coefficient (Wildman–Crippen LogP) is 5.30. The van der Waals surface area contributed by atoms with Crippen molar-refractivity contribution in [2.45, 2.75) is 33.7 Å². The molecule has 0 bridgehead atoms. The lowest BCUT2D eigenvalue weighted by molar-refractivity contribution is 0.101. The van der Waals surface area contributed by atoms with Gasteiger partial charge in [-0.1, -0.05) is 13.8 Å². The molecule has 3 aromatic rings. The second-order valence-corrected chi connectivity index (χ2v) is 10.1. The number of hydrogen-bond donors (Lipinski definition) is 1. The number of Topliss-reactive ketones (excluding diaryl/α,β-unsaturated/α-hetero) is 1. The van der Waals surface area contributed by atoms with Crippen molar-refractivity contribution in [3.05, 3.63) is 58.5 Å². The summed E-state index contributed by atoms with van der Waals surface area (Å²) in [5.74, 6) is 2.78. The number of hydrogen-bond acceptors (Lipinski definition) is 5. The molecule has 0 saturated carbocycles. The van der Waals surface area contributed by atoms with Crippen molar-refractivity contribution in [1.29, 1.82) is 0 Å². The lowest BCUT2D eigenvalue weighted by Gasteiger charge is -2.35. The molecule has 0 aliphatic carbocycles. The lowest BCUT2D eigenvalue weighted by atomic mass is 9.91. The molecule has 1 saturated heterocycles. The fourth-order valence-corrected chi connectivity index (χ4v) is 5.66. The van der Waals surface area contributed by atoms with Crippen molar-refractivity contribution in [2.24, 2.45) is 18.9 Å². The minimum Gasteiger partial charge on any atom is -0.507 e. The number of ether oxygens (including phenoxy) is 2. The van der Waals surface area contributed by atoms with E-state index in [1.54, 1.807) is 19.3 Å². The summed E-state index contributed by atoms with van der Waals surface area (Å²) in [6.45, 7) is 8.89. The quantitative estimate of drug-likeness (QED) is 0.536. The van der Waals surface area contributed by atoms with Gasteiger partial charge >= 0.3 is 0 Å². The van der Waals surface area contributed by atoms with Crippen LogP contribution in [-0.2, 0) is 13.6 Å². The van der Waals surface area contributed by atoms with Gasteiger partial charge in [0.2, 0.25) is 5.78 Å². The number of piperidine rings is 1. The van der Waals surface area contributed by atoms with E-state index in [0.29, 0.717) is 35.3 Å². The number of fused-ring (bicyclic) bond motifs is 2. The number of aryl methyl sites for hydroxylation is 2. The molecule has 1 aromatic heterocycles. The first-order valence-corrected chi connectivity index (χ1v) is 11.9. The number of aromatic nitrogens is 1. The van der Waals surface area contributed by atoms with E-state index < -0.39 is 0 Å². The monoisotopic (exact) mass is 460 g/mol. The molecule has 178 valence electrons. The first-order chi connectivity index (χ1) is 16.2. The summed E-state index contributed by atoms with van der Waals surface area (Å²) in [5, 5.41) is 11.8. The van der Waals surface area contributed by atoms with Crippen molar-refractivity contribution >= 4 is 22.8 Å². The van der Waals surface area contributed by atoms with Gasteiger partial charge < -0.3 is 19.1 Å². The van der Waals surface area contributed by atoms with E-state index >= 15 is 0 Å². The van der Waals surface area contributed by atoms with E-state index in [1.807, 2.05) is 42.9 Å². The Labute approximate surface area is 200 Å². The number of nitrogens with zero attached hydrogens (tertiary/aromatic N) is 2. The maximum Gasteiger partial charge on any atom is 0.232 e. The van der Waals surface area contributed by atoms with E-state index in [0.717, 1.165) is 40.9 Å². The molecule has 2 aliphatic rings. The number of carbonyl (C=O) groups excluding carboxylic acids is 1. The highest BCUT2D eigenvalue weighted by molar-refractivity contribution is 6.16. The van der Waals surface area contributed by atoms with Gasteiger partial charge in [0.1, 0.15) is 17.2 Å². The van der Waals surface area contributed by atoms with Crippen LogP contribution in [-0.4, -0.2) is 40.6 Å². The topological polar surface area (TPSA) is 63.9 Å². The minimum atomic E-state index is -0.144. The number of carbonyl (C=O) groups is 1. The van der Waals surface area contributed by atoms with Gasteiger partial charge in [-0.05, 0) is 61.1 Å². The van der Waals surface area contributed by atoms with Crippen LogP contribution in [0.25, 0.3) is 17.0 Å². The molecule has 0 radical (unpaired) electrons. The first-order valence-electron chi connectivity index (χ1n) is 11.9. The number of phenols is 1. The molecule has 0 spiro atoms. The van der Waals surface area contributed by atoms with E-state index in [-0.39, 0.29) is 17.3 Å². The van der Waals surface area contributed by atoms with Gasteiger partial charge in [0.05, 0.1) is 18.2 Å². The van der Waals surface area contributed by atoms with Gasteiger partial charge in [0.15, 0.2) is 5.76 Å². The number of benzene rings is 2. The minimum absolute atomic E-state index is 0.144. The normalized spacial score (nSPS) is 21.8. The summed E-state index contributed by atoms with van der Waals surface area (Å²) in [5.41, 5.74) is 3.89. The van der Waals surface area contributed by atoms with Crippen molar-refractivity contribution in [3.8, 4) is 17.2 Å². The van der Waals surface area contributed by atoms with Crippen molar-refractivity contribution < 1.29 is 19.4 Å². The number of ketones is 1. The summed E-state index contributed by atoms with van der Waals surface area (Å²) >= 11 is 0. The number of likely N-dealkylation sites (tertiary alicyclic amines) is 1. The highest BCUT2D eigenvalue weighted by Gasteiger charge is 2.34. The Morgan fingerprint density at radius 1 is 1.21 bits per heavy atom. The van der Waals surface area contributed by atoms with Crippen LogP contribution in [0.1, 0.15) is 47.3 Å². The molecule has 6 heteroatoms. The Kier molecular flexibility index (Phi) is 5.64. The first kappa shape index (κ1) is 22.5. The maximum atomic E-state index is 13.4. The number of methoxy groups -OCH3 is 1. The average molecular weight is 461 g/mol. The number of aromatic hydroxyl groups is 1. The highest BCUT2D eigenvalue weighted by atomic mass is 16.5. The summed E-state index contributed by atoms with van der Waals surface area (Å²) < 4.78 is 13.6. The Balaban J connectivity index is 1.53. The van der Waals surface area contributed by atoms with Crippen molar-refractivity contribution in [1.82, 2.24) is 9.47 Å². The van der Waals surface area contributed by atoms with Gasteiger partial charge in [-0.2, -0.15) is 0 Å². The van der Waals surface area contributed by atoms with E-state index in [1.165, 1.54) is 6.42 Å². The van der Waals surface area contributed by atoms with E-state index in [9.17, 15) is 9.90 Å². The molecule has 2 aliphatic heterocycles. The van der Waals surface area contributed by atoms with Crippen LogP contribution in [0.3, 0.4) is 0 Å². The van der Waals surface area contributed by atoms with Gasteiger partial charge in [0.25, 0.3) is 0 Å². The van der Waals surface area contributed by atoms with E-state index in [4.69, 9.17) is 9.47 Å². The van der Waals surface area contributed by atoms with Crippen LogP contribution in [0.5, 0.6) is 17.2 Å². The third-order valence-electron chi connectivity index (χ3n) is 7.06. The lowest BCUT2D eigenvalue weighted by Crippen LogP contribution is -2.38. The van der Waals surface area contributed by atoms with Crippen molar-refractivity contribution in [3.63, 3.8) is 0 Å². The van der Waals surface area contributed by atoms with Crippen LogP contribution >= 0.6 is 0 Å². The molecular weight excluding hydrogens is 428 g/mol. The Hall–Kier alpha value is -3.25. The predicted molar refractivity (Wildman–Crippen MR) is 133 cm³/mol. The van der Waals surface area contributed by atoms with Gasteiger partial charge in [-0.25, -0.2) is 0 Å². The van der Waals surface area contributed by atoms with Crippen LogP contribution in [0.4, 0.5) is 0 Å². The molecule has 3 heterocycles. The van der Waals surface area contributed by atoms with Gasteiger partial charge in [-0.15, -0.1) is 0 Å². The van der Waals surface area contributed by atoms with Gasteiger partial charge in [-0.3, -0.25) is 9.69 Å². The third-order valence-corrected chi connectivity index (χ3v) is 7.06. The average Bonchev–Trinajstić information content (AvgIpc) is 3.27. The second-order valence-electron chi connectivity index (χ2n) is 10.1. The highest BCUT2D eigenvalue weighted by Crippen LogP contribution is 2.43. The molecule has 1 fully saturated rings. The van der Waals surface area contributed by atoms with E-state index in [2.05, 4.69) is 18.7 Å². The van der Waals surface area contributed by atoms with Crippen LogP contribution in [0.2, 0.25) is 0 Å². The Bertz CT molecular complexity index is 1310. The fraction of sp³-hybridized carbons (Fsp3) is 0.393. The summed E-state index contributed by atoms with van der Waals surface area (Å²) in [6.07, 6.45) is 5.00. The van der Waals surface area contributed by atoms with Crippen LogP contribution in [0, 0.1) is 18.8 Å². The van der Waals surface area contributed by atoms with Crippen molar-refractivity contribution in [2.75, 3.05) is 20.2 Å². The molecule has 2 atom stereocenters. The molecule has 34 heavy (non-hydrogen) atoms. The standard InChI is InChI=1S/C28H32N2O4/c1-16-8-17(2)13-30(12-16)15-22-24(31)9-18(3)26-27(32)25(34-28(22)26)10-19-14-29(4)23-7-6-20(33-5)11-21(19)23/h6-7,9-11,14,16-17,31H,8,12-13,15H2,1-5H3/b25-10+. The fourth-order valence-electron chi connectivity index (χ4n) is 5.66. The molecule has 1 N–H and O–H groups in total. The summed E-state index contributed by atoms with van der Waals surface area (Å²) in [4.78, 5) is 15.8. The molecular formula is C28H32N2O4. The molecule has 6 nitrogen and oxygen atoms in total. The molecule has 5 rings (SSSR count). The Morgan fingerprint density at radius 3 is 2.65 bits per heavy atom. The number of allylic oxidation sites excluding steroid dienone is 1. The van der Waals surface area contributed by atoms with Crippen LogP contribution < -0.4 is 9.47 Å². The SMILES string of the molecule is COc1ccc2c(c1)c(/C=C1/Oc3c(CN4CC(C)CC(C)C4)c(O)cc(C)c3C1=O)cn2C. The number of rotatable bonds is 4. The maximum absolute atomic E-state index is 13.4. The van der Waals surface area contributed by atoms with Crippen LogP contribution in [0.15, 0.2) is 36.2 Å². The smallest absolute Gasteiger partial charge is 0.232 e. The number of phenolic OH excluding ortho intramolecular Hbond substituents is 1. The zero-order valence-corrected chi connectivity index (χ0v) is 20.5. The third kappa shape index (κ3) is 3.86. The van der Waals surface area contributed by atoms with Gasteiger partial charge in [0, 0.05) is 49.3 Å². The molecule has 0 amide bonds. The largest absolute Gasteiger partial charge is 0.507 e. The summed E-state index contributed by atoms with van der Waals surface area (Å²) in [6, 6.07) is 7.59.